The van der Waals surface area contributed by atoms with Crippen LogP contribution in [0.15, 0.2) is 63.2 Å². The molecular weight excluding hydrogens is 482 g/mol. The normalized spacial score (nSPS) is 12.3. The summed E-state index contributed by atoms with van der Waals surface area (Å²) in [6.45, 7) is 3.08. The number of carbonyl (C=O) groups is 2. The molecule has 4 rings (SSSR count). The summed E-state index contributed by atoms with van der Waals surface area (Å²) < 4.78 is 6.34. The number of ether oxygens (including phenoxy) is 1. The number of rotatable bonds is 6. The number of aliphatic hydroxyl groups excluding tert-OH is 1. The monoisotopic (exact) mass is 497 g/mol. The number of hydrogen-bond donors (Lipinski definition) is 1. The van der Waals surface area contributed by atoms with E-state index in [4.69, 9.17) is 16.3 Å². The summed E-state index contributed by atoms with van der Waals surface area (Å²) in [5.41, 5.74) is 0.262. The largest absolute Gasteiger partial charge is 0.503 e. The smallest absolute Gasteiger partial charge is 0.362 e. The van der Waals surface area contributed by atoms with E-state index in [0.29, 0.717) is 27.2 Å². The summed E-state index contributed by atoms with van der Waals surface area (Å²) in [4.78, 5) is 40.4. The Bertz CT molecular complexity index is 1560. The molecule has 2 heterocycles. The van der Waals surface area contributed by atoms with Gasteiger partial charge in [-0.3, -0.25) is 9.59 Å². The van der Waals surface area contributed by atoms with E-state index >= 15 is 0 Å². The fraction of sp³-hybridized carbons (Fsp3) is 0.136. The molecular formula is C22H16ClN5O5S. The SMILES string of the molecule is CCOC(=O)/C(N=Nc1ccc(C(C)=O)cc1)=C(/O)c1nn2c(nc(=O)c3ccc(Cl)cc32)s1. The highest BCUT2D eigenvalue weighted by Gasteiger charge is 2.22. The molecule has 0 unspecified atom stereocenters. The first-order valence-corrected chi connectivity index (χ1v) is 11.1. The van der Waals surface area contributed by atoms with Gasteiger partial charge < -0.3 is 9.84 Å². The van der Waals surface area contributed by atoms with Crippen LogP contribution >= 0.6 is 22.9 Å². The molecule has 2 aromatic carbocycles. The quantitative estimate of drug-likeness (QED) is 0.134. The van der Waals surface area contributed by atoms with E-state index in [1.807, 2.05) is 0 Å². The van der Waals surface area contributed by atoms with Crippen molar-refractivity contribution in [1.29, 1.82) is 0 Å². The summed E-state index contributed by atoms with van der Waals surface area (Å²) in [6, 6.07) is 10.9. The van der Waals surface area contributed by atoms with Crippen molar-refractivity contribution < 1.29 is 19.4 Å². The molecule has 0 aliphatic carbocycles. The van der Waals surface area contributed by atoms with Gasteiger partial charge in [-0.1, -0.05) is 22.9 Å². The average Bonchev–Trinajstić information content (AvgIpc) is 3.24. The molecule has 4 aromatic rings. The Morgan fingerprint density at radius 1 is 1.21 bits per heavy atom. The Kier molecular flexibility index (Phi) is 6.48. The predicted octanol–water partition coefficient (Wildman–Crippen LogP) is 4.73. The number of azo groups is 1. The standard InChI is InChI=1S/C22H16ClN5O5S/c1-3-33-21(32)17(26-25-14-7-4-12(5-8-14)11(2)29)18(30)20-27-28-16-10-13(23)6-9-15(16)19(31)24-22(28)34-20/h4-10,30H,3H2,1-2H3/b18-17-,26-25?. The highest BCUT2D eigenvalue weighted by Crippen LogP contribution is 2.27. The van der Waals surface area contributed by atoms with Crippen molar-refractivity contribution in [3.8, 4) is 0 Å². The summed E-state index contributed by atoms with van der Waals surface area (Å²) in [6.07, 6.45) is 0. The molecule has 0 atom stereocenters. The van der Waals surface area contributed by atoms with Gasteiger partial charge in [0.1, 0.15) is 0 Å². The number of fused-ring (bicyclic) bond motifs is 3. The molecule has 12 heteroatoms. The Morgan fingerprint density at radius 2 is 1.94 bits per heavy atom. The lowest BCUT2D eigenvalue weighted by Gasteiger charge is -2.03. The fourth-order valence-corrected chi connectivity index (χ4v) is 3.98. The van der Waals surface area contributed by atoms with Crippen molar-refractivity contribution in [2.75, 3.05) is 6.61 Å². The summed E-state index contributed by atoms with van der Waals surface area (Å²) in [7, 11) is 0. The summed E-state index contributed by atoms with van der Waals surface area (Å²) in [5, 5.41) is 23.6. The van der Waals surface area contributed by atoms with Crippen LogP contribution in [-0.2, 0) is 9.53 Å². The third-order valence-electron chi connectivity index (χ3n) is 4.61. The molecule has 0 saturated heterocycles. The van der Waals surface area contributed by atoms with Crippen LogP contribution in [0.5, 0.6) is 0 Å². The van der Waals surface area contributed by atoms with E-state index in [2.05, 4.69) is 20.3 Å². The van der Waals surface area contributed by atoms with Gasteiger partial charge in [-0.05, 0) is 56.3 Å². The van der Waals surface area contributed by atoms with Crippen molar-refractivity contribution in [3.63, 3.8) is 0 Å². The summed E-state index contributed by atoms with van der Waals surface area (Å²) >= 11 is 6.94. The van der Waals surface area contributed by atoms with E-state index in [1.165, 1.54) is 17.5 Å². The first-order chi connectivity index (χ1) is 16.3. The van der Waals surface area contributed by atoms with Gasteiger partial charge in [0.2, 0.25) is 10.7 Å². The van der Waals surface area contributed by atoms with Crippen LogP contribution in [-0.4, -0.2) is 38.1 Å². The molecule has 1 N–H and O–H groups in total. The molecule has 0 spiro atoms. The maximum Gasteiger partial charge on any atom is 0.362 e. The lowest BCUT2D eigenvalue weighted by molar-refractivity contribution is -0.138. The number of Topliss-reactive ketones (excluding diaryl/α,β-unsaturated/α-hetero) is 1. The molecule has 0 aliphatic rings. The Balaban J connectivity index is 1.82. The van der Waals surface area contributed by atoms with E-state index in [9.17, 15) is 19.5 Å². The topological polar surface area (TPSA) is 136 Å². The van der Waals surface area contributed by atoms with E-state index < -0.39 is 23.0 Å². The molecule has 0 amide bonds. The highest BCUT2D eigenvalue weighted by atomic mass is 35.5. The Hall–Kier alpha value is -3.96. The minimum atomic E-state index is -0.918. The minimum absolute atomic E-state index is 0.0340. The van der Waals surface area contributed by atoms with Gasteiger partial charge in [0.25, 0.3) is 5.56 Å². The lowest BCUT2D eigenvalue weighted by atomic mass is 10.1. The molecule has 34 heavy (non-hydrogen) atoms. The van der Waals surface area contributed by atoms with Gasteiger partial charge in [-0.15, -0.1) is 5.11 Å². The number of aromatic nitrogens is 3. The van der Waals surface area contributed by atoms with Gasteiger partial charge in [0.15, 0.2) is 16.6 Å². The molecule has 0 fully saturated rings. The van der Waals surface area contributed by atoms with E-state index in [-0.39, 0.29) is 22.4 Å². The minimum Gasteiger partial charge on any atom is -0.503 e. The van der Waals surface area contributed by atoms with Crippen LogP contribution in [0.1, 0.15) is 29.2 Å². The third-order valence-corrected chi connectivity index (χ3v) is 5.76. The second kappa shape index (κ2) is 9.49. The molecule has 0 aliphatic heterocycles. The molecule has 0 radical (unpaired) electrons. The van der Waals surface area contributed by atoms with Crippen molar-refractivity contribution in [1.82, 2.24) is 14.6 Å². The number of aliphatic hydroxyl groups is 1. The third kappa shape index (κ3) is 4.56. The molecule has 172 valence electrons. The van der Waals surface area contributed by atoms with Crippen molar-refractivity contribution in [3.05, 3.63) is 74.1 Å². The highest BCUT2D eigenvalue weighted by molar-refractivity contribution is 7.17. The van der Waals surface area contributed by atoms with Crippen LogP contribution in [0.3, 0.4) is 0 Å². The zero-order valence-electron chi connectivity index (χ0n) is 17.9. The number of benzene rings is 2. The van der Waals surface area contributed by atoms with Crippen molar-refractivity contribution >= 4 is 62.0 Å². The number of carbonyl (C=O) groups excluding carboxylic acids is 2. The fourth-order valence-electron chi connectivity index (χ4n) is 2.97. The number of esters is 1. The zero-order valence-corrected chi connectivity index (χ0v) is 19.4. The van der Waals surface area contributed by atoms with Crippen LogP contribution in [0.2, 0.25) is 5.02 Å². The van der Waals surface area contributed by atoms with Crippen molar-refractivity contribution in [2.24, 2.45) is 10.2 Å². The van der Waals surface area contributed by atoms with Crippen LogP contribution in [0, 0.1) is 0 Å². The Labute approximate surface area is 200 Å². The average molecular weight is 498 g/mol. The van der Waals surface area contributed by atoms with Crippen LogP contribution in [0.4, 0.5) is 5.69 Å². The zero-order chi connectivity index (χ0) is 24.4. The van der Waals surface area contributed by atoms with E-state index in [0.717, 1.165) is 11.3 Å². The second-order valence-electron chi connectivity index (χ2n) is 6.90. The van der Waals surface area contributed by atoms with Crippen LogP contribution in [0.25, 0.3) is 21.6 Å². The number of nitrogens with zero attached hydrogens (tertiary/aromatic N) is 5. The van der Waals surface area contributed by atoms with Gasteiger partial charge >= 0.3 is 5.97 Å². The Morgan fingerprint density at radius 3 is 2.62 bits per heavy atom. The molecule has 0 saturated carbocycles. The van der Waals surface area contributed by atoms with Crippen molar-refractivity contribution in [2.45, 2.75) is 13.8 Å². The maximum absolute atomic E-state index is 12.5. The van der Waals surface area contributed by atoms with E-state index in [1.54, 1.807) is 43.3 Å². The lowest BCUT2D eigenvalue weighted by Crippen LogP contribution is -2.10. The molecule has 10 nitrogen and oxygen atoms in total. The number of halogens is 1. The maximum atomic E-state index is 12.5. The first-order valence-electron chi connectivity index (χ1n) is 9.91. The predicted molar refractivity (Wildman–Crippen MR) is 127 cm³/mol. The van der Waals surface area contributed by atoms with Crippen LogP contribution < -0.4 is 5.56 Å². The van der Waals surface area contributed by atoms with Gasteiger partial charge in [0.05, 0.1) is 23.2 Å². The van der Waals surface area contributed by atoms with Gasteiger partial charge in [-0.25, -0.2) is 9.31 Å². The molecule has 0 bridgehead atoms. The number of ketones is 1. The van der Waals surface area contributed by atoms with Gasteiger partial charge in [0, 0.05) is 10.6 Å². The summed E-state index contributed by atoms with van der Waals surface area (Å²) in [5.74, 6) is -1.62. The molecule has 2 aromatic heterocycles. The first kappa shape index (κ1) is 23.2. The van der Waals surface area contributed by atoms with Gasteiger partial charge in [-0.2, -0.15) is 15.2 Å². The number of hydrogen-bond acceptors (Lipinski definition) is 10. The second-order valence-corrected chi connectivity index (χ2v) is 8.29.